The first-order valence-electron chi connectivity index (χ1n) is 41.7. The molecule has 24 nitrogen and oxygen atoms in total. The number of nitrogens with one attached hydrogen (secondary N) is 4. The van der Waals surface area contributed by atoms with Crippen molar-refractivity contribution in [3.8, 4) is 0 Å². The summed E-state index contributed by atoms with van der Waals surface area (Å²) in [4.78, 5) is 105. The van der Waals surface area contributed by atoms with Crippen molar-refractivity contribution in [1.82, 2.24) is 21.3 Å². The zero-order chi connectivity index (χ0) is 78.3. The van der Waals surface area contributed by atoms with Gasteiger partial charge in [-0.2, -0.15) is 0 Å². The van der Waals surface area contributed by atoms with Crippen molar-refractivity contribution < 1.29 is 94.9 Å². The SMILES string of the molecule is CCCCCC/C=C\CCCC(=O)O[C@H](CCCCCCC)CC(=O)NC(COCCC(O)CCCCCCC)COP(=O)([O-])OCCNC(=O)CCCCC(=O)NCCOP(=O)([O-])OCC(COCCC(O)CCCCCCC)NC(=O)C[C@@H](CCCCCCC)OC(=O)CCC/C=C\CCCCCC. The highest BCUT2D eigenvalue weighted by atomic mass is 31.2. The molecule has 0 spiro atoms. The van der Waals surface area contributed by atoms with Crippen LogP contribution in [-0.4, -0.2) is 148 Å². The van der Waals surface area contributed by atoms with E-state index in [2.05, 4.69) is 87.1 Å². The van der Waals surface area contributed by atoms with Gasteiger partial charge in [-0.15, -0.1) is 0 Å². The third kappa shape index (κ3) is 69.5. The topological polar surface area (TPSA) is 345 Å². The van der Waals surface area contributed by atoms with Crippen molar-refractivity contribution in [3.05, 3.63) is 24.3 Å². The fraction of sp³-hybridized carbons (Fsp3) is 0.875. The zero-order valence-corrected chi connectivity index (χ0v) is 68.7. The van der Waals surface area contributed by atoms with Crippen LogP contribution >= 0.6 is 15.6 Å². The summed E-state index contributed by atoms with van der Waals surface area (Å²) in [6, 6.07) is -1.93. The van der Waals surface area contributed by atoms with Crippen LogP contribution in [0.1, 0.15) is 350 Å². The number of aliphatic hydroxyl groups excluding tert-OH is 2. The molecule has 6 unspecified atom stereocenters. The van der Waals surface area contributed by atoms with E-state index in [0.717, 1.165) is 167 Å². The predicted octanol–water partition coefficient (Wildman–Crippen LogP) is 15.7. The number of hydrogen-bond donors (Lipinski definition) is 6. The van der Waals surface area contributed by atoms with Gasteiger partial charge < -0.3 is 78.3 Å². The number of amides is 4. The molecule has 106 heavy (non-hydrogen) atoms. The van der Waals surface area contributed by atoms with Crippen molar-refractivity contribution in [2.45, 2.75) is 386 Å². The van der Waals surface area contributed by atoms with Gasteiger partial charge in [0.05, 0.1) is 76.8 Å². The first-order valence-corrected chi connectivity index (χ1v) is 44.7. The summed E-state index contributed by atoms with van der Waals surface area (Å²) in [6.07, 6.45) is 44.2. The second-order valence-corrected chi connectivity index (χ2v) is 31.3. The summed E-state index contributed by atoms with van der Waals surface area (Å²) in [5.41, 5.74) is 0. The second-order valence-electron chi connectivity index (χ2n) is 28.5. The number of allylic oxidation sites excluding steroid dienone is 4. The molecule has 0 saturated heterocycles. The fourth-order valence-corrected chi connectivity index (χ4v) is 13.2. The van der Waals surface area contributed by atoms with Crippen LogP contribution in [0, 0.1) is 0 Å². The summed E-state index contributed by atoms with van der Waals surface area (Å²) in [7, 11) is -9.95. The van der Waals surface area contributed by atoms with Crippen molar-refractivity contribution in [2.24, 2.45) is 0 Å². The Hall–Kier alpha value is -3.64. The van der Waals surface area contributed by atoms with Crippen molar-refractivity contribution in [3.63, 3.8) is 0 Å². The van der Waals surface area contributed by atoms with Crippen LogP contribution in [0.3, 0.4) is 0 Å². The van der Waals surface area contributed by atoms with Crippen LogP contribution in [0.25, 0.3) is 0 Å². The Morgan fingerprint density at radius 1 is 0.349 bits per heavy atom. The van der Waals surface area contributed by atoms with E-state index in [0.29, 0.717) is 64.2 Å². The van der Waals surface area contributed by atoms with Crippen LogP contribution in [0.15, 0.2) is 24.3 Å². The number of esters is 2. The number of carbonyl (C=O) groups is 6. The van der Waals surface area contributed by atoms with Gasteiger partial charge in [0.2, 0.25) is 23.6 Å². The molecule has 0 aliphatic rings. The van der Waals surface area contributed by atoms with Gasteiger partial charge in [-0.3, -0.25) is 37.9 Å². The van der Waals surface area contributed by atoms with Gasteiger partial charge in [-0.1, -0.05) is 220 Å². The maximum Gasteiger partial charge on any atom is 0.306 e. The average Bonchev–Trinajstić information content (AvgIpc) is 0.949. The van der Waals surface area contributed by atoms with E-state index >= 15 is 0 Å². The lowest BCUT2D eigenvalue weighted by atomic mass is 10.1. The Bertz CT molecular complexity index is 2150. The Balaban J connectivity index is 5.42. The number of aliphatic hydroxyl groups is 2. The second kappa shape index (κ2) is 72.9. The minimum Gasteiger partial charge on any atom is -0.756 e. The zero-order valence-electron chi connectivity index (χ0n) is 66.9. The normalized spacial score (nSPS) is 14.6. The third-order valence-corrected chi connectivity index (χ3v) is 20.0. The number of unbranched alkanes of at least 4 members (excludes halogenated alkanes) is 27. The minimum atomic E-state index is -4.98. The largest absolute Gasteiger partial charge is 0.756 e. The minimum absolute atomic E-state index is 0.00419. The van der Waals surface area contributed by atoms with Crippen LogP contribution in [0.4, 0.5) is 0 Å². The molecule has 0 aromatic heterocycles. The molecule has 0 bridgehead atoms. The predicted molar refractivity (Wildman–Crippen MR) is 416 cm³/mol. The summed E-state index contributed by atoms with van der Waals surface area (Å²) in [6.45, 7) is 10.5. The van der Waals surface area contributed by atoms with E-state index in [1.54, 1.807) is 0 Å². The Kier molecular flexibility index (Phi) is 70.4. The van der Waals surface area contributed by atoms with Gasteiger partial charge in [0, 0.05) is 52.0 Å². The highest BCUT2D eigenvalue weighted by Crippen LogP contribution is 2.39. The monoisotopic (exact) mass is 1550 g/mol. The maximum atomic E-state index is 13.6. The maximum absolute atomic E-state index is 13.6. The van der Waals surface area contributed by atoms with E-state index < -0.39 is 102 Å². The van der Waals surface area contributed by atoms with E-state index in [1.807, 2.05) is 0 Å². The van der Waals surface area contributed by atoms with Crippen molar-refractivity contribution in [2.75, 3.05) is 65.9 Å². The van der Waals surface area contributed by atoms with Crippen LogP contribution in [0.5, 0.6) is 0 Å². The number of phosphoric acid groups is 2. The lowest BCUT2D eigenvalue weighted by molar-refractivity contribution is -0.227. The van der Waals surface area contributed by atoms with E-state index in [9.17, 15) is 57.9 Å². The highest BCUT2D eigenvalue weighted by Gasteiger charge is 2.25. The van der Waals surface area contributed by atoms with E-state index in [-0.39, 0.29) is 90.0 Å². The standard InChI is InChI=1S/C80H152N4O20P2/c1-7-13-19-25-27-29-31-37-43-53-79(91)103-73(49-41-35-23-17-11-5)63-77(89)83-69(65-97-59-55-71(85)47-39-33-21-15-9-3)67-101-105(93,94)99-61-57-81-75(87)51-45-46-52-76(88)82-58-62-100-106(95,96)102-68-70(66-98-60-56-72(86)48-40-34-22-16-10-4)84-78(90)64-74(50-42-36-24-18-12-6)104-80(92)54-44-38-32-30-28-26-20-14-8-2/h29-32,69-74,85-86H,7-28,33-68H2,1-6H3,(H,81,87)(H,82,88)(H,83,89)(H,84,90)(H,93,94)(H,95,96)/p-2/b31-29-,32-30-/t69?,70?,71?,72?,73-,74-/m1/s1. The van der Waals surface area contributed by atoms with E-state index in [4.69, 9.17) is 37.0 Å². The quantitative estimate of drug-likeness (QED) is 0.0143. The molecule has 0 aliphatic heterocycles. The highest BCUT2D eigenvalue weighted by molar-refractivity contribution is 7.46. The summed E-state index contributed by atoms with van der Waals surface area (Å²) < 4.78 is 69.9. The van der Waals surface area contributed by atoms with Crippen molar-refractivity contribution in [1.29, 1.82) is 0 Å². The van der Waals surface area contributed by atoms with Gasteiger partial charge in [0.15, 0.2) is 0 Å². The third-order valence-electron chi connectivity index (χ3n) is 18.1. The van der Waals surface area contributed by atoms with Crippen LogP contribution < -0.4 is 31.1 Å². The lowest BCUT2D eigenvalue weighted by Gasteiger charge is -2.27. The molecular formula is C80H150N4O20P2-2. The average molecular weight is 1550 g/mol. The van der Waals surface area contributed by atoms with Crippen molar-refractivity contribution >= 4 is 51.2 Å². The molecule has 0 fully saturated rings. The Morgan fingerprint density at radius 3 is 1.00 bits per heavy atom. The fourth-order valence-electron chi connectivity index (χ4n) is 11.7. The molecule has 8 atom stereocenters. The molecule has 0 saturated carbocycles. The molecule has 26 heteroatoms. The molecule has 0 heterocycles. The van der Waals surface area contributed by atoms with Gasteiger partial charge in [-0.05, 0) is 116 Å². The first-order chi connectivity index (χ1) is 51.2. The number of phosphoric ester groups is 2. The smallest absolute Gasteiger partial charge is 0.306 e. The summed E-state index contributed by atoms with van der Waals surface area (Å²) in [5, 5.41) is 31.9. The first kappa shape index (κ1) is 102. The Morgan fingerprint density at radius 2 is 0.660 bits per heavy atom. The Labute approximate surface area is 641 Å². The molecule has 4 amide bonds. The summed E-state index contributed by atoms with van der Waals surface area (Å²) in [5.74, 6) is -2.58. The van der Waals surface area contributed by atoms with Crippen LogP contribution in [-0.2, 0) is 74.9 Å². The number of hydrogen-bond acceptors (Lipinski definition) is 20. The van der Waals surface area contributed by atoms with Gasteiger partial charge in [0.1, 0.15) is 12.2 Å². The molecule has 0 aromatic carbocycles. The van der Waals surface area contributed by atoms with Gasteiger partial charge >= 0.3 is 11.9 Å². The molecular weight excluding hydrogens is 1400 g/mol. The number of carbonyl (C=O) groups excluding carboxylic acids is 6. The van der Waals surface area contributed by atoms with E-state index in [1.165, 1.54) is 38.5 Å². The van der Waals surface area contributed by atoms with Crippen LogP contribution in [0.2, 0.25) is 0 Å². The summed E-state index contributed by atoms with van der Waals surface area (Å²) >= 11 is 0. The molecule has 0 rings (SSSR count). The van der Waals surface area contributed by atoms with Gasteiger partial charge in [0.25, 0.3) is 15.6 Å². The lowest BCUT2D eigenvalue weighted by Crippen LogP contribution is -2.43. The molecule has 6 N–H and O–H groups in total. The molecule has 0 aliphatic carbocycles. The molecule has 0 radical (unpaired) electrons. The number of ether oxygens (including phenoxy) is 4. The number of rotatable bonds is 79. The molecule has 0 aromatic rings. The van der Waals surface area contributed by atoms with Gasteiger partial charge in [-0.25, -0.2) is 0 Å². The molecule has 622 valence electrons.